The molecular formula is C18H21FN2O2. The van der Waals surface area contributed by atoms with Gasteiger partial charge in [0.1, 0.15) is 23.8 Å². The summed E-state index contributed by atoms with van der Waals surface area (Å²) < 4.78 is 18.7. The van der Waals surface area contributed by atoms with Crippen LogP contribution in [-0.2, 0) is 6.54 Å². The van der Waals surface area contributed by atoms with Gasteiger partial charge in [-0.15, -0.1) is 0 Å². The van der Waals surface area contributed by atoms with Crippen molar-refractivity contribution < 1.29 is 14.2 Å². The number of aryl methyl sites for hydroxylation is 1. The van der Waals surface area contributed by atoms with Crippen LogP contribution in [0.5, 0.6) is 5.75 Å². The summed E-state index contributed by atoms with van der Waals surface area (Å²) in [4.78, 5) is 6.49. The Labute approximate surface area is 135 Å². The molecule has 4 nitrogen and oxygen atoms in total. The molecule has 1 fully saturated rings. The number of aromatic nitrogens is 1. The molecular weight excluding hydrogens is 295 g/mol. The minimum absolute atomic E-state index is 0.166. The molecule has 1 aromatic carbocycles. The summed E-state index contributed by atoms with van der Waals surface area (Å²) in [7, 11) is 0. The fourth-order valence-electron chi connectivity index (χ4n) is 2.89. The number of benzene rings is 1. The van der Waals surface area contributed by atoms with Crippen molar-refractivity contribution in [2.24, 2.45) is 0 Å². The maximum Gasteiger partial charge on any atom is 0.126 e. The van der Waals surface area contributed by atoms with E-state index in [9.17, 15) is 9.50 Å². The molecule has 1 atom stereocenters. The highest BCUT2D eigenvalue weighted by molar-refractivity contribution is 5.23. The van der Waals surface area contributed by atoms with Crippen molar-refractivity contribution in [1.82, 2.24) is 9.88 Å². The number of pyridine rings is 1. The number of nitrogens with zero attached hydrogens (tertiary/aromatic N) is 2. The molecule has 1 aliphatic rings. The third-order valence-corrected chi connectivity index (χ3v) is 4.23. The maximum atomic E-state index is 13.1. The lowest BCUT2D eigenvalue weighted by atomic mass is 10.1. The minimum Gasteiger partial charge on any atom is -0.490 e. The van der Waals surface area contributed by atoms with Crippen LogP contribution >= 0.6 is 0 Å². The fraction of sp³-hybridized carbons (Fsp3) is 0.389. The van der Waals surface area contributed by atoms with E-state index in [1.165, 1.54) is 17.7 Å². The second kappa shape index (κ2) is 6.64. The molecule has 1 aliphatic heterocycles. The highest BCUT2D eigenvalue weighted by Crippen LogP contribution is 2.25. The summed E-state index contributed by atoms with van der Waals surface area (Å²) in [5.74, 6) is 0.106. The number of β-amino-alcohol motifs (C(OH)–C–C–N with tert-alkyl or cyclic N) is 1. The number of hydrogen-bond acceptors (Lipinski definition) is 4. The van der Waals surface area contributed by atoms with Crippen LogP contribution in [0.4, 0.5) is 4.39 Å². The van der Waals surface area contributed by atoms with Gasteiger partial charge in [0.15, 0.2) is 0 Å². The van der Waals surface area contributed by atoms with Crippen LogP contribution in [0.1, 0.15) is 17.7 Å². The molecule has 122 valence electrons. The smallest absolute Gasteiger partial charge is 0.126 e. The second-order valence-electron chi connectivity index (χ2n) is 6.18. The summed E-state index contributed by atoms with van der Waals surface area (Å²) in [5.41, 5.74) is 1.28. The Hall–Kier alpha value is -1.98. The van der Waals surface area contributed by atoms with Crippen molar-refractivity contribution in [3.63, 3.8) is 0 Å². The molecule has 0 spiro atoms. The Morgan fingerprint density at radius 1 is 1.35 bits per heavy atom. The van der Waals surface area contributed by atoms with Crippen LogP contribution in [0.3, 0.4) is 0 Å². The largest absolute Gasteiger partial charge is 0.490 e. The molecule has 0 radical (unpaired) electrons. The standard InChI is InChI=1S/C18H21FN2O2/c1-14-15(4-3-8-20-14)11-21-9-7-18(22,12-21)13-23-17-6-2-5-16(19)10-17/h2-6,8,10,22H,7,9,11-13H2,1H3/t18-/m1/s1. The Morgan fingerprint density at radius 2 is 2.22 bits per heavy atom. The van der Waals surface area contributed by atoms with Gasteiger partial charge in [0.25, 0.3) is 0 Å². The average molecular weight is 316 g/mol. The highest BCUT2D eigenvalue weighted by Gasteiger charge is 2.37. The molecule has 2 heterocycles. The molecule has 0 bridgehead atoms. The predicted octanol–water partition coefficient (Wildman–Crippen LogP) is 2.54. The predicted molar refractivity (Wildman–Crippen MR) is 85.7 cm³/mol. The lowest BCUT2D eigenvalue weighted by Gasteiger charge is -2.24. The zero-order chi connectivity index (χ0) is 16.3. The van der Waals surface area contributed by atoms with Gasteiger partial charge in [-0.3, -0.25) is 9.88 Å². The third-order valence-electron chi connectivity index (χ3n) is 4.23. The summed E-state index contributed by atoms with van der Waals surface area (Å²) >= 11 is 0. The van der Waals surface area contributed by atoms with Crippen molar-refractivity contribution in [2.45, 2.75) is 25.5 Å². The monoisotopic (exact) mass is 316 g/mol. The average Bonchev–Trinajstić information content (AvgIpc) is 2.90. The molecule has 0 aliphatic carbocycles. The maximum absolute atomic E-state index is 13.1. The van der Waals surface area contributed by atoms with Crippen molar-refractivity contribution in [3.05, 3.63) is 59.7 Å². The van der Waals surface area contributed by atoms with Crippen molar-refractivity contribution >= 4 is 0 Å². The van der Waals surface area contributed by atoms with E-state index < -0.39 is 5.60 Å². The van der Waals surface area contributed by atoms with Crippen LogP contribution in [-0.4, -0.2) is 40.3 Å². The van der Waals surface area contributed by atoms with Gasteiger partial charge >= 0.3 is 0 Å². The van der Waals surface area contributed by atoms with Gasteiger partial charge < -0.3 is 9.84 Å². The number of ether oxygens (including phenoxy) is 1. The summed E-state index contributed by atoms with van der Waals surface area (Å²) in [5, 5.41) is 10.7. The van der Waals surface area contributed by atoms with Crippen LogP contribution in [0, 0.1) is 12.7 Å². The van der Waals surface area contributed by atoms with Crippen LogP contribution < -0.4 is 4.74 Å². The van der Waals surface area contributed by atoms with E-state index in [1.54, 1.807) is 18.3 Å². The normalized spacial score (nSPS) is 21.5. The molecule has 0 saturated carbocycles. The van der Waals surface area contributed by atoms with Gasteiger partial charge in [0.05, 0.1) is 0 Å². The van der Waals surface area contributed by atoms with Crippen LogP contribution in [0.15, 0.2) is 42.6 Å². The zero-order valence-corrected chi connectivity index (χ0v) is 13.2. The molecule has 3 rings (SSSR count). The first-order chi connectivity index (χ1) is 11.0. The Bertz CT molecular complexity index is 680. The minimum atomic E-state index is -0.900. The van der Waals surface area contributed by atoms with E-state index in [0.717, 1.165) is 18.8 Å². The van der Waals surface area contributed by atoms with Crippen molar-refractivity contribution in [3.8, 4) is 5.75 Å². The number of aliphatic hydroxyl groups is 1. The molecule has 23 heavy (non-hydrogen) atoms. The Morgan fingerprint density at radius 3 is 3.00 bits per heavy atom. The molecule has 1 N–H and O–H groups in total. The van der Waals surface area contributed by atoms with E-state index in [-0.39, 0.29) is 12.4 Å². The molecule has 5 heteroatoms. The summed E-state index contributed by atoms with van der Waals surface area (Å²) in [6.07, 6.45) is 2.42. The van der Waals surface area contributed by atoms with E-state index in [1.807, 2.05) is 13.0 Å². The molecule has 1 saturated heterocycles. The first-order valence-corrected chi connectivity index (χ1v) is 7.78. The number of halogens is 1. The summed E-state index contributed by atoms with van der Waals surface area (Å²) in [6, 6.07) is 9.98. The Balaban J connectivity index is 1.56. The SMILES string of the molecule is Cc1ncccc1CN1CC[C@](O)(COc2cccc(F)c2)C1. The van der Waals surface area contributed by atoms with Crippen LogP contribution in [0.2, 0.25) is 0 Å². The number of likely N-dealkylation sites (tertiary alicyclic amines) is 1. The lowest BCUT2D eigenvalue weighted by molar-refractivity contribution is 0.00327. The van der Waals surface area contributed by atoms with Gasteiger partial charge in [-0.25, -0.2) is 4.39 Å². The second-order valence-corrected chi connectivity index (χ2v) is 6.18. The van der Waals surface area contributed by atoms with Crippen molar-refractivity contribution in [2.75, 3.05) is 19.7 Å². The zero-order valence-electron chi connectivity index (χ0n) is 13.2. The quantitative estimate of drug-likeness (QED) is 0.921. The molecule has 0 amide bonds. The van der Waals surface area contributed by atoms with Crippen LogP contribution in [0.25, 0.3) is 0 Å². The highest BCUT2D eigenvalue weighted by atomic mass is 19.1. The lowest BCUT2D eigenvalue weighted by Crippen LogP contribution is -2.39. The molecule has 2 aromatic rings. The summed E-state index contributed by atoms with van der Waals surface area (Å²) in [6.45, 7) is 4.26. The third kappa shape index (κ3) is 4.06. The van der Waals surface area contributed by atoms with E-state index >= 15 is 0 Å². The number of hydrogen-bond donors (Lipinski definition) is 1. The van der Waals surface area contributed by atoms with Gasteiger partial charge in [-0.05, 0) is 37.1 Å². The van der Waals surface area contributed by atoms with Gasteiger partial charge in [0.2, 0.25) is 0 Å². The first kappa shape index (κ1) is 15.9. The number of rotatable bonds is 5. The molecule has 1 aromatic heterocycles. The van der Waals surface area contributed by atoms with Gasteiger partial charge in [-0.2, -0.15) is 0 Å². The van der Waals surface area contributed by atoms with Gasteiger partial charge in [-0.1, -0.05) is 12.1 Å². The topological polar surface area (TPSA) is 45.6 Å². The van der Waals surface area contributed by atoms with Crippen molar-refractivity contribution in [1.29, 1.82) is 0 Å². The van der Waals surface area contributed by atoms with E-state index in [2.05, 4.69) is 16.0 Å². The van der Waals surface area contributed by atoms with E-state index in [0.29, 0.717) is 18.7 Å². The van der Waals surface area contributed by atoms with E-state index in [4.69, 9.17) is 4.74 Å². The first-order valence-electron chi connectivity index (χ1n) is 7.78. The Kier molecular flexibility index (Phi) is 4.59. The molecule has 0 unspecified atom stereocenters. The fourth-order valence-corrected chi connectivity index (χ4v) is 2.89. The van der Waals surface area contributed by atoms with Gasteiger partial charge in [0, 0.05) is 37.6 Å².